The molecule has 0 aromatic carbocycles. The van der Waals surface area contributed by atoms with Crippen LogP contribution in [0, 0.1) is 5.41 Å². The summed E-state index contributed by atoms with van der Waals surface area (Å²) in [5, 5.41) is 3.44. The third-order valence-electron chi connectivity index (χ3n) is 4.32. The zero-order chi connectivity index (χ0) is 12.3. The SMILES string of the molecule is CC1(C)CCCC1N=C(NN)NC1CCCC1. The predicted molar refractivity (Wildman–Crippen MR) is 71.6 cm³/mol. The Balaban J connectivity index is 1.96. The van der Waals surface area contributed by atoms with Crippen LogP contribution in [0.15, 0.2) is 4.99 Å². The van der Waals surface area contributed by atoms with E-state index >= 15 is 0 Å². The normalized spacial score (nSPS) is 29.6. The fourth-order valence-electron chi connectivity index (χ4n) is 3.08. The lowest BCUT2D eigenvalue weighted by molar-refractivity contribution is 0.332. The second kappa shape index (κ2) is 5.25. The molecular weight excluding hydrogens is 212 g/mol. The van der Waals surface area contributed by atoms with Gasteiger partial charge in [-0.15, -0.1) is 0 Å². The molecule has 1 atom stereocenters. The zero-order valence-corrected chi connectivity index (χ0v) is 11.1. The van der Waals surface area contributed by atoms with Crippen molar-refractivity contribution in [2.45, 2.75) is 70.9 Å². The van der Waals surface area contributed by atoms with Crippen molar-refractivity contribution in [3.63, 3.8) is 0 Å². The summed E-state index contributed by atoms with van der Waals surface area (Å²) in [5.74, 6) is 6.36. The summed E-state index contributed by atoms with van der Waals surface area (Å²) in [6.45, 7) is 4.61. The summed E-state index contributed by atoms with van der Waals surface area (Å²) in [6.07, 6.45) is 8.87. The highest BCUT2D eigenvalue weighted by Gasteiger charge is 2.34. The fraction of sp³-hybridized carbons (Fsp3) is 0.923. The summed E-state index contributed by atoms with van der Waals surface area (Å²) < 4.78 is 0. The second-order valence-electron chi connectivity index (χ2n) is 6.14. The smallest absolute Gasteiger partial charge is 0.206 e. The predicted octanol–water partition coefficient (Wildman–Crippen LogP) is 1.92. The van der Waals surface area contributed by atoms with Crippen molar-refractivity contribution in [3.05, 3.63) is 0 Å². The molecule has 2 rings (SSSR count). The van der Waals surface area contributed by atoms with Gasteiger partial charge >= 0.3 is 0 Å². The summed E-state index contributed by atoms with van der Waals surface area (Å²) in [6, 6.07) is 0.969. The molecule has 2 aliphatic rings. The largest absolute Gasteiger partial charge is 0.353 e. The van der Waals surface area contributed by atoms with Gasteiger partial charge in [0, 0.05) is 6.04 Å². The number of nitrogens with two attached hydrogens (primary N) is 1. The van der Waals surface area contributed by atoms with E-state index in [9.17, 15) is 0 Å². The van der Waals surface area contributed by atoms with Gasteiger partial charge in [0.15, 0.2) is 0 Å². The van der Waals surface area contributed by atoms with Gasteiger partial charge in [0.2, 0.25) is 5.96 Å². The molecule has 2 saturated carbocycles. The minimum Gasteiger partial charge on any atom is -0.353 e. The highest BCUT2D eigenvalue weighted by molar-refractivity contribution is 5.79. The number of hydrogen-bond acceptors (Lipinski definition) is 2. The lowest BCUT2D eigenvalue weighted by Crippen LogP contribution is -2.46. The number of guanidine groups is 1. The summed E-state index contributed by atoms with van der Waals surface area (Å²) >= 11 is 0. The van der Waals surface area contributed by atoms with Gasteiger partial charge in [0.1, 0.15) is 0 Å². The average molecular weight is 238 g/mol. The van der Waals surface area contributed by atoms with Crippen LogP contribution in [0.1, 0.15) is 58.8 Å². The molecule has 0 heterocycles. The molecular formula is C13H26N4. The zero-order valence-electron chi connectivity index (χ0n) is 11.1. The number of hydrazine groups is 1. The maximum atomic E-state index is 5.57. The second-order valence-corrected chi connectivity index (χ2v) is 6.14. The van der Waals surface area contributed by atoms with Crippen LogP contribution in [0.25, 0.3) is 0 Å². The Morgan fingerprint density at radius 1 is 1.18 bits per heavy atom. The highest BCUT2D eigenvalue weighted by atomic mass is 15.3. The first-order chi connectivity index (χ1) is 8.12. The molecule has 0 amide bonds. The fourth-order valence-corrected chi connectivity index (χ4v) is 3.08. The van der Waals surface area contributed by atoms with Gasteiger partial charge in [-0.25, -0.2) is 10.8 Å². The van der Waals surface area contributed by atoms with Crippen molar-refractivity contribution >= 4 is 5.96 Å². The Morgan fingerprint density at radius 3 is 2.41 bits per heavy atom. The van der Waals surface area contributed by atoms with Crippen LogP contribution >= 0.6 is 0 Å². The Morgan fingerprint density at radius 2 is 1.88 bits per heavy atom. The van der Waals surface area contributed by atoms with E-state index in [1.165, 1.54) is 44.9 Å². The molecule has 98 valence electrons. The van der Waals surface area contributed by atoms with Crippen LogP contribution < -0.4 is 16.6 Å². The van der Waals surface area contributed by atoms with Gasteiger partial charge in [-0.1, -0.05) is 33.1 Å². The van der Waals surface area contributed by atoms with E-state index in [1.54, 1.807) is 0 Å². The van der Waals surface area contributed by atoms with Crippen LogP contribution in [-0.4, -0.2) is 18.0 Å². The monoisotopic (exact) mass is 238 g/mol. The van der Waals surface area contributed by atoms with Crippen LogP contribution in [-0.2, 0) is 0 Å². The number of nitrogens with one attached hydrogen (secondary N) is 2. The molecule has 4 N–H and O–H groups in total. The minimum atomic E-state index is 0.319. The molecule has 2 fully saturated rings. The molecule has 2 aliphatic carbocycles. The number of rotatable bonds is 2. The Bertz CT molecular complexity index is 279. The lowest BCUT2D eigenvalue weighted by Gasteiger charge is -2.25. The van der Waals surface area contributed by atoms with E-state index in [0.29, 0.717) is 17.5 Å². The van der Waals surface area contributed by atoms with Crippen molar-refractivity contribution in [3.8, 4) is 0 Å². The van der Waals surface area contributed by atoms with Crippen molar-refractivity contribution < 1.29 is 0 Å². The van der Waals surface area contributed by atoms with E-state index in [2.05, 4.69) is 24.6 Å². The summed E-state index contributed by atoms with van der Waals surface area (Å²) in [5.41, 5.74) is 3.05. The van der Waals surface area contributed by atoms with Gasteiger partial charge in [0.05, 0.1) is 6.04 Å². The van der Waals surface area contributed by atoms with Gasteiger partial charge in [-0.3, -0.25) is 5.43 Å². The van der Waals surface area contributed by atoms with E-state index in [-0.39, 0.29) is 0 Å². The molecule has 4 heteroatoms. The first kappa shape index (κ1) is 12.7. The molecule has 1 unspecified atom stereocenters. The molecule has 0 bridgehead atoms. The van der Waals surface area contributed by atoms with Crippen molar-refractivity contribution in [1.82, 2.24) is 10.7 Å². The highest BCUT2D eigenvalue weighted by Crippen LogP contribution is 2.39. The molecule has 0 aromatic rings. The standard InChI is InChI=1S/C13H26N4/c1-13(2)9-5-8-11(13)16-12(17-14)15-10-6-3-4-7-10/h10-11H,3-9,14H2,1-2H3,(H2,15,16,17). The minimum absolute atomic E-state index is 0.319. The maximum absolute atomic E-state index is 5.57. The summed E-state index contributed by atoms with van der Waals surface area (Å²) in [7, 11) is 0. The molecule has 0 spiro atoms. The molecule has 0 radical (unpaired) electrons. The maximum Gasteiger partial charge on any atom is 0.206 e. The van der Waals surface area contributed by atoms with Gasteiger partial charge in [-0.2, -0.15) is 0 Å². The number of nitrogens with zero attached hydrogens (tertiary/aromatic N) is 1. The van der Waals surface area contributed by atoms with Crippen LogP contribution in [0.2, 0.25) is 0 Å². The van der Waals surface area contributed by atoms with E-state index in [1.807, 2.05) is 0 Å². The Hall–Kier alpha value is -0.770. The summed E-state index contributed by atoms with van der Waals surface area (Å²) in [4.78, 5) is 4.78. The van der Waals surface area contributed by atoms with Gasteiger partial charge in [0.25, 0.3) is 0 Å². The van der Waals surface area contributed by atoms with Gasteiger partial charge < -0.3 is 5.32 Å². The average Bonchev–Trinajstić information content (AvgIpc) is 2.88. The number of hydrogen-bond donors (Lipinski definition) is 3. The topological polar surface area (TPSA) is 62.4 Å². The third-order valence-corrected chi connectivity index (χ3v) is 4.32. The molecule has 17 heavy (non-hydrogen) atoms. The van der Waals surface area contributed by atoms with Gasteiger partial charge in [-0.05, 0) is 31.1 Å². The first-order valence-corrected chi connectivity index (χ1v) is 6.93. The van der Waals surface area contributed by atoms with Crippen molar-refractivity contribution in [1.29, 1.82) is 0 Å². The quantitative estimate of drug-likeness (QED) is 0.298. The Labute approximate surface area is 104 Å². The van der Waals surface area contributed by atoms with Crippen molar-refractivity contribution in [2.75, 3.05) is 0 Å². The third kappa shape index (κ3) is 3.12. The Kier molecular flexibility index (Phi) is 3.92. The van der Waals surface area contributed by atoms with E-state index < -0.39 is 0 Å². The van der Waals surface area contributed by atoms with E-state index in [0.717, 1.165) is 5.96 Å². The van der Waals surface area contributed by atoms with Crippen LogP contribution in [0.5, 0.6) is 0 Å². The van der Waals surface area contributed by atoms with Crippen LogP contribution in [0.3, 0.4) is 0 Å². The first-order valence-electron chi connectivity index (χ1n) is 6.93. The van der Waals surface area contributed by atoms with Crippen molar-refractivity contribution in [2.24, 2.45) is 16.3 Å². The van der Waals surface area contributed by atoms with E-state index in [4.69, 9.17) is 10.8 Å². The molecule has 0 saturated heterocycles. The molecule has 4 nitrogen and oxygen atoms in total. The molecule has 0 aromatic heterocycles. The van der Waals surface area contributed by atoms with Crippen LogP contribution in [0.4, 0.5) is 0 Å². The number of aliphatic imine (C=N–C) groups is 1. The molecule has 0 aliphatic heterocycles. The lowest BCUT2D eigenvalue weighted by atomic mass is 9.88.